The molecule has 3 N–H and O–H groups in total. The zero-order valence-electron chi connectivity index (χ0n) is 20.3. The van der Waals surface area contributed by atoms with Gasteiger partial charge in [0.05, 0.1) is 6.61 Å². The molecule has 1 aromatic heterocycles. The number of allylic oxidation sites excluding steroid dienone is 4. The Morgan fingerprint density at radius 3 is 2.64 bits per heavy atom. The molecule has 1 saturated heterocycles. The first kappa shape index (κ1) is 29.5. The smallest absolute Gasteiger partial charge is 0.110 e. The van der Waals surface area contributed by atoms with E-state index in [4.69, 9.17) is 15.2 Å². The second-order valence-electron chi connectivity index (χ2n) is 7.55. The molecule has 0 radical (unpaired) electrons. The Labute approximate surface area is 207 Å². The van der Waals surface area contributed by atoms with E-state index < -0.39 is 6.10 Å². The van der Waals surface area contributed by atoms with Crippen molar-refractivity contribution >= 4 is 30.2 Å². The van der Waals surface area contributed by atoms with Crippen LogP contribution in [0.4, 0.5) is 0 Å². The first-order valence-electron chi connectivity index (χ1n) is 11.0. The molecule has 1 aromatic rings. The van der Waals surface area contributed by atoms with Crippen molar-refractivity contribution in [3.05, 3.63) is 59.1 Å². The van der Waals surface area contributed by atoms with Crippen LogP contribution in [0.5, 0.6) is 0 Å². The van der Waals surface area contributed by atoms with Crippen LogP contribution in [-0.2, 0) is 9.47 Å². The number of pyridine rings is 1. The van der Waals surface area contributed by atoms with E-state index in [1.807, 2.05) is 37.6 Å². The predicted molar refractivity (Wildman–Crippen MR) is 143 cm³/mol. The van der Waals surface area contributed by atoms with Gasteiger partial charge in [-0.15, -0.1) is 23.5 Å². The number of methoxy groups -OCH3 is 1. The van der Waals surface area contributed by atoms with Gasteiger partial charge in [-0.05, 0) is 69.5 Å². The fraction of sp³-hybridized carbons (Fsp3) is 0.520. The average Bonchev–Trinajstić information content (AvgIpc) is 2.85. The van der Waals surface area contributed by atoms with Gasteiger partial charge < -0.3 is 20.3 Å². The van der Waals surface area contributed by atoms with Crippen molar-refractivity contribution in [1.82, 2.24) is 4.98 Å². The summed E-state index contributed by atoms with van der Waals surface area (Å²) in [6.07, 6.45) is 16.1. The number of rotatable bonds is 11. The molecular weight excluding hydrogens is 454 g/mol. The number of hydrogen-bond donors (Lipinski definition) is 2. The molecule has 33 heavy (non-hydrogen) atoms. The number of nitrogens with zero attached hydrogens (tertiary/aromatic N) is 2. The summed E-state index contributed by atoms with van der Waals surface area (Å²) in [5.41, 5.74) is 8.33. The molecule has 0 aliphatic carbocycles. The summed E-state index contributed by atoms with van der Waals surface area (Å²) >= 11 is 3.15. The highest BCUT2D eigenvalue weighted by Gasteiger charge is 2.23. The van der Waals surface area contributed by atoms with Crippen molar-refractivity contribution in [2.75, 3.05) is 39.4 Å². The maximum absolute atomic E-state index is 9.34. The summed E-state index contributed by atoms with van der Waals surface area (Å²) < 4.78 is 10.2. The molecule has 2 atom stereocenters. The van der Waals surface area contributed by atoms with E-state index >= 15 is 0 Å². The number of aromatic nitrogens is 1. The molecule has 1 aliphatic rings. The molecule has 0 amide bonds. The van der Waals surface area contributed by atoms with Gasteiger partial charge in [-0.1, -0.05) is 12.2 Å². The van der Waals surface area contributed by atoms with Crippen LogP contribution in [0, 0.1) is 5.92 Å². The second kappa shape index (κ2) is 17.8. The summed E-state index contributed by atoms with van der Waals surface area (Å²) in [5, 5.41) is 9.34. The number of ether oxygens (including phenoxy) is 2. The molecule has 0 spiro atoms. The first-order valence-corrected chi connectivity index (χ1v) is 13.5. The third kappa shape index (κ3) is 11.4. The summed E-state index contributed by atoms with van der Waals surface area (Å²) in [6.45, 7) is 7.34. The molecule has 0 aromatic carbocycles. The van der Waals surface area contributed by atoms with Crippen molar-refractivity contribution < 1.29 is 14.6 Å². The number of aliphatic hydroxyl groups is 1. The molecule has 2 heterocycles. The Morgan fingerprint density at radius 2 is 2.12 bits per heavy atom. The van der Waals surface area contributed by atoms with Crippen molar-refractivity contribution in [3.63, 3.8) is 0 Å². The van der Waals surface area contributed by atoms with Gasteiger partial charge in [0, 0.05) is 59.8 Å². The van der Waals surface area contributed by atoms with Crippen LogP contribution < -0.4 is 5.73 Å². The van der Waals surface area contributed by atoms with Gasteiger partial charge >= 0.3 is 0 Å². The first-order chi connectivity index (χ1) is 16.0. The van der Waals surface area contributed by atoms with Gasteiger partial charge in [0.2, 0.25) is 0 Å². The number of aliphatic imine (C=N–C) groups is 1. The second-order valence-corrected chi connectivity index (χ2v) is 9.31. The van der Waals surface area contributed by atoms with Gasteiger partial charge in [-0.25, -0.2) is 0 Å². The largest absolute Gasteiger partial charge is 0.401 e. The lowest BCUT2D eigenvalue weighted by Gasteiger charge is -2.27. The van der Waals surface area contributed by atoms with Crippen LogP contribution >= 0.6 is 23.5 Å². The van der Waals surface area contributed by atoms with Gasteiger partial charge in [0.25, 0.3) is 0 Å². The van der Waals surface area contributed by atoms with Crippen LogP contribution in [0.3, 0.4) is 0 Å². The molecular formula is C25H39N3O3S2. The van der Waals surface area contributed by atoms with E-state index in [-0.39, 0.29) is 5.92 Å². The van der Waals surface area contributed by atoms with E-state index in [0.29, 0.717) is 12.5 Å². The molecule has 6 nitrogen and oxygen atoms in total. The normalized spacial score (nSPS) is 17.4. The van der Waals surface area contributed by atoms with Crippen molar-refractivity contribution in [2.45, 2.75) is 43.1 Å². The Morgan fingerprint density at radius 1 is 1.39 bits per heavy atom. The zero-order valence-corrected chi connectivity index (χ0v) is 21.9. The standard InChI is InChI=1S/C18H26N2OS.C7H13NO2S/c1-3-4-5-17(19)16(12-14-8-10-21-11-9-14)18-7-6-15(22-2)13-20-18;1-8-4-7(11-3)6(9)5-10-2/h3-7,13-14,16H,8-12,19H2,1-2H3;4,6,9H,1,5H2,2-3H3/b4-3+,17-5-;7-4-. The van der Waals surface area contributed by atoms with Crippen LogP contribution in [-0.4, -0.2) is 62.4 Å². The predicted octanol–water partition coefficient (Wildman–Crippen LogP) is 5.02. The lowest BCUT2D eigenvalue weighted by molar-refractivity contribution is 0.0624. The maximum Gasteiger partial charge on any atom is 0.110 e. The third-order valence-electron chi connectivity index (χ3n) is 5.25. The topological polar surface area (TPSA) is 90.0 Å². The minimum absolute atomic E-state index is 0.190. The van der Waals surface area contributed by atoms with Gasteiger partial charge in [-0.3, -0.25) is 9.98 Å². The maximum atomic E-state index is 9.34. The lowest BCUT2D eigenvalue weighted by atomic mass is 9.85. The molecule has 8 heteroatoms. The number of nitrogens with two attached hydrogens (primary N) is 1. The van der Waals surface area contributed by atoms with E-state index in [0.717, 1.165) is 48.8 Å². The van der Waals surface area contributed by atoms with Crippen molar-refractivity contribution in [2.24, 2.45) is 16.6 Å². The monoisotopic (exact) mass is 493 g/mol. The highest BCUT2D eigenvalue weighted by Crippen LogP contribution is 2.32. The SMILES string of the molecule is C/C=C/C=C(\N)C(CC1CCOCC1)c1ccc(SC)cn1.C=N/C=C(\SC)C(O)COC. The summed E-state index contributed by atoms with van der Waals surface area (Å²) in [6, 6.07) is 4.25. The third-order valence-corrected chi connectivity index (χ3v) is 6.81. The van der Waals surface area contributed by atoms with Crippen molar-refractivity contribution in [1.29, 1.82) is 0 Å². The average molecular weight is 494 g/mol. The van der Waals surface area contributed by atoms with E-state index in [2.05, 4.69) is 35.1 Å². The van der Waals surface area contributed by atoms with Crippen LogP contribution in [0.15, 0.2) is 63.2 Å². The molecule has 0 bridgehead atoms. The highest BCUT2D eigenvalue weighted by atomic mass is 32.2. The Bertz CT molecular complexity index is 761. The number of hydrogen-bond acceptors (Lipinski definition) is 8. The van der Waals surface area contributed by atoms with E-state index in [1.54, 1.807) is 18.9 Å². The fourth-order valence-corrected chi connectivity index (χ4v) is 4.27. The molecule has 0 saturated carbocycles. The molecule has 2 rings (SSSR count). The Kier molecular flexibility index (Phi) is 15.9. The number of thioether (sulfide) groups is 2. The molecule has 1 fully saturated rings. The van der Waals surface area contributed by atoms with Crippen molar-refractivity contribution in [3.8, 4) is 0 Å². The van der Waals surface area contributed by atoms with E-state index in [9.17, 15) is 5.11 Å². The fourth-order valence-electron chi connectivity index (χ4n) is 3.39. The van der Waals surface area contributed by atoms with Crippen LogP contribution in [0.2, 0.25) is 0 Å². The highest BCUT2D eigenvalue weighted by molar-refractivity contribution is 8.02. The molecule has 184 valence electrons. The molecule has 2 unspecified atom stereocenters. The summed E-state index contributed by atoms with van der Waals surface area (Å²) in [5.74, 6) is 0.855. The zero-order chi connectivity index (χ0) is 24.5. The summed E-state index contributed by atoms with van der Waals surface area (Å²) in [7, 11) is 1.54. The summed E-state index contributed by atoms with van der Waals surface area (Å²) in [4.78, 5) is 10.2. The van der Waals surface area contributed by atoms with Crippen LogP contribution in [0.25, 0.3) is 0 Å². The van der Waals surface area contributed by atoms with Gasteiger partial charge in [-0.2, -0.15) is 0 Å². The van der Waals surface area contributed by atoms with E-state index in [1.165, 1.54) is 22.9 Å². The quantitative estimate of drug-likeness (QED) is 0.254. The van der Waals surface area contributed by atoms with Crippen LogP contribution in [0.1, 0.15) is 37.8 Å². The lowest BCUT2D eigenvalue weighted by Crippen LogP contribution is -2.21. The minimum atomic E-state index is -0.583. The van der Waals surface area contributed by atoms with Gasteiger partial charge in [0.1, 0.15) is 6.10 Å². The number of aliphatic hydroxyl groups excluding tert-OH is 1. The Hall–Kier alpha value is -1.58. The van der Waals surface area contributed by atoms with Gasteiger partial charge in [0.15, 0.2) is 0 Å². The Balaban J connectivity index is 0.000000420. The minimum Gasteiger partial charge on any atom is -0.401 e. The molecule has 1 aliphatic heterocycles.